The van der Waals surface area contributed by atoms with Gasteiger partial charge in [0.25, 0.3) is 11.1 Å². The number of imidazole rings is 2. The number of aryl methyl sites for hydroxylation is 2. The molecule has 0 unspecified atom stereocenters. The summed E-state index contributed by atoms with van der Waals surface area (Å²) in [5.41, 5.74) is 2.15. The Morgan fingerprint density at radius 2 is 1.20 bits per heavy atom. The molecule has 11 heterocycles. The van der Waals surface area contributed by atoms with Gasteiger partial charge in [-0.3, -0.25) is 42.6 Å². The number of fused-ring (bicyclic) bond motifs is 3. The molecule has 2 N–H and O–H groups in total. The van der Waals surface area contributed by atoms with Gasteiger partial charge >= 0.3 is 29.1 Å². The van der Waals surface area contributed by atoms with Crippen LogP contribution in [-0.4, -0.2) is 131 Å². The van der Waals surface area contributed by atoms with Crippen LogP contribution in [0.25, 0.3) is 44.8 Å². The first-order valence-corrected chi connectivity index (χ1v) is 27.7. The molecule has 3 aliphatic rings. The van der Waals surface area contributed by atoms with Crippen LogP contribution >= 0.6 is 23.5 Å². The summed E-state index contributed by atoms with van der Waals surface area (Å²) in [5.74, 6) is 3.48. The highest BCUT2D eigenvalue weighted by molar-refractivity contribution is 7.98. The second-order valence-corrected chi connectivity index (χ2v) is 22.1. The van der Waals surface area contributed by atoms with Crippen LogP contribution in [0.2, 0.25) is 0 Å². The fraction of sp³-hybridized carbons (Fsp3) is 0.440. The van der Waals surface area contributed by atoms with Gasteiger partial charge in [0, 0.05) is 82.7 Å². The third-order valence-corrected chi connectivity index (χ3v) is 15.5. The van der Waals surface area contributed by atoms with Crippen molar-refractivity contribution in [2.24, 2.45) is 28.2 Å². The van der Waals surface area contributed by atoms with Crippen LogP contribution in [0.3, 0.4) is 0 Å². The van der Waals surface area contributed by atoms with Crippen molar-refractivity contribution in [1.29, 1.82) is 0 Å². The van der Waals surface area contributed by atoms with Crippen molar-refractivity contribution in [1.82, 2.24) is 72.3 Å². The summed E-state index contributed by atoms with van der Waals surface area (Å²) in [7, 11) is 5.77. The normalized spacial score (nSPS) is 15.4. The van der Waals surface area contributed by atoms with Gasteiger partial charge in [-0.1, -0.05) is 11.8 Å². The van der Waals surface area contributed by atoms with Crippen molar-refractivity contribution in [3.63, 3.8) is 0 Å². The highest BCUT2D eigenvalue weighted by Crippen LogP contribution is 2.33. The van der Waals surface area contributed by atoms with E-state index in [4.69, 9.17) is 5.11 Å². The number of carbonyl (C=O) groups is 2. The van der Waals surface area contributed by atoms with Crippen LogP contribution in [0, 0.1) is 0 Å². The first-order chi connectivity index (χ1) is 37.7. The average molecular weight is 1120 g/mol. The molecule has 1 amide bonds. The molecule has 414 valence electrons. The van der Waals surface area contributed by atoms with E-state index in [2.05, 4.69) is 87.7 Å². The summed E-state index contributed by atoms with van der Waals surface area (Å²) in [4.78, 5) is 119. The number of amides is 1. The zero-order valence-electron chi connectivity index (χ0n) is 45.3. The van der Waals surface area contributed by atoms with Crippen molar-refractivity contribution in [3.05, 3.63) is 104 Å². The smallest absolute Gasteiger partial charge is 0.332 e. The summed E-state index contributed by atoms with van der Waals surface area (Å²) in [5, 5.41) is 11.9. The van der Waals surface area contributed by atoms with E-state index in [0.717, 1.165) is 75.2 Å². The van der Waals surface area contributed by atoms with Crippen LogP contribution in [0.4, 0.5) is 23.5 Å². The molecule has 79 heavy (non-hydrogen) atoms. The van der Waals surface area contributed by atoms with E-state index >= 15 is 0 Å². The molecule has 2 fully saturated rings. The zero-order chi connectivity index (χ0) is 56.5. The van der Waals surface area contributed by atoms with E-state index in [9.17, 15) is 28.8 Å². The van der Waals surface area contributed by atoms with Crippen LogP contribution in [-0.2, 0) is 56.7 Å². The lowest BCUT2D eigenvalue weighted by atomic mass is 10.0. The lowest BCUT2D eigenvalue weighted by Crippen LogP contribution is -2.50. The average Bonchev–Trinajstić information content (AvgIpc) is 4.42. The van der Waals surface area contributed by atoms with Gasteiger partial charge in [-0.2, -0.15) is 4.90 Å². The van der Waals surface area contributed by atoms with Gasteiger partial charge in [0.05, 0.1) is 48.4 Å². The van der Waals surface area contributed by atoms with Crippen LogP contribution in [0.15, 0.2) is 81.4 Å². The molecule has 8 aromatic rings. The first kappa shape index (κ1) is 55.4. The molecule has 11 rings (SSSR count). The number of aliphatic carboxylic acids is 1. The summed E-state index contributed by atoms with van der Waals surface area (Å²) in [6, 6.07) is 0. The summed E-state index contributed by atoms with van der Waals surface area (Å²) in [6.45, 7) is 10.4. The molecule has 0 bridgehead atoms. The number of carboxylic acids is 1. The van der Waals surface area contributed by atoms with E-state index in [1.165, 1.54) is 64.9 Å². The number of thioether (sulfide) groups is 2. The predicted molar refractivity (Wildman–Crippen MR) is 300 cm³/mol. The SMILES string of the molecule is CSCNc1cncc(-c2cnc(N3CCCC3(C)C)nc2)n1.Cn1c(=O)c2c(ncn2CC(=O)N2CSC[n+]3c(-c4cnc(N5CCCC5(C)C)nc4)cncc32)n(C)c1=O.Cn1c(=O)c2c(ncn2CC(=O)O)n(C)c1=O. The van der Waals surface area contributed by atoms with Gasteiger partial charge in [0.2, 0.25) is 11.9 Å². The number of hydrogen-bond donors (Lipinski definition) is 2. The number of nitrogens with zero attached hydrogens (tertiary/aromatic N) is 19. The fourth-order valence-electron chi connectivity index (χ4n) is 9.80. The number of hydrogen-bond acceptors (Lipinski definition) is 20. The van der Waals surface area contributed by atoms with Crippen LogP contribution in [0.1, 0.15) is 53.4 Å². The molecular weight excluding hydrogens is 1060 g/mol. The number of aromatic nitrogens is 16. The highest BCUT2D eigenvalue weighted by Gasteiger charge is 2.37. The summed E-state index contributed by atoms with van der Waals surface area (Å²) in [6.07, 6.45) is 23.4. The number of nitrogens with one attached hydrogen (secondary N) is 1. The molecule has 2 saturated heterocycles. The maximum absolute atomic E-state index is 13.5. The van der Waals surface area contributed by atoms with E-state index < -0.39 is 28.5 Å². The largest absolute Gasteiger partial charge is 0.480 e. The Kier molecular flexibility index (Phi) is 15.8. The van der Waals surface area contributed by atoms with E-state index in [0.29, 0.717) is 23.5 Å². The predicted octanol–water partition coefficient (Wildman–Crippen LogP) is 2.21. The maximum Gasteiger partial charge on any atom is 0.332 e. The molecule has 0 radical (unpaired) electrons. The Labute approximate surface area is 460 Å². The minimum atomic E-state index is -1.08. The molecule has 27 nitrogen and oxygen atoms in total. The second kappa shape index (κ2) is 22.6. The second-order valence-electron chi connectivity index (χ2n) is 20.3. The number of carboxylic acid groups (broad SMARTS) is 1. The van der Waals surface area contributed by atoms with E-state index in [-0.39, 0.29) is 52.4 Å². The lowest BCUT2D eigenvalue weighted by molar-refractivity contribution is -0.653. The van der Waals surface area contributed by atoms with Gasteiger partial charge < -0.3 is 29.4 Å². The highest BCUT2D eigenvalue weighted by atomic mass is 32.2. The van der Waals surface area contributed by atoms with Gasteiger partial charge in [-0.15, -0.1) is 11.8 Å². The third kappa shape index (κ3) is 11.1. The Morgan fingerprint density at radius 3 is 1.71 bits per heavy atom. The number of anilines is 4. The van der Waals surface area contributed by atoms with E-state index in [1.807, 2.05) is 35.6 Å². The minimum Gasteiger partial charge on any atom is -0.480 e. The summed E-state index contributed by atoms with van der Waals surface area (Å²) >= 11 is 3.29. The van der Waals surface area contributed by atoms with E-state index in [1.54, 1.807) is 60.3 Å². The molecule has 0 spiro atoms. The molecule has 0 saturated carbocycles. The van der Waals surface area contributed by atoms with Gasteiger partial charge in [-0.25, -0.2) is 53.8 Å². The quantitative estimate of drug-likeness (QED) is 0.139. The molecular formula is C50H61N20O7S2+. The molecule has 0 aromatic carbocycles. The Morgan fingerprint density at radius 1 is 0.684 bits per heavy atom. The molecule has 3 aliphatic heterocycles. The van der Waals surface area contributed by atoms with Crippen LogP contribution in [0.5, 0.6) is 0 Å². The van der Waals surface area contributed by atoms with Crippen molar-refractivity contribution < 1.29 is 19.3 Å². The number of rotatable bonds is 11. The first-order valence-electron chi connectivity index (χ1n) is 25.1. The maximum atomic E-state index is 13.5. The monoisotopic (exact) mass is 1120 g/mol. The van der Waals surface area contributed by atoms with Gasteiger partial charge in [-0.05, 0) is 59.6 Å². The molecule has 0 atom stereocenters. The molecule has 29 heteroatoms. The van der Waals surface area contributed by atoms with Crippen LogP contribution < -0.4 is 47.1 Å². The third-order valence-electron chi connectivity index (χ3n) is 14.2. The lowest BCUT2D eigenvalue weighted by Gasteiger charge is -2.31. The zero-order valence-corrected chi connectivity index (χ0v) is 46.9. The van der Waals surface area contributed by atoms with Crippen molar-refractivity contribution in [2.75, 3.05) is 51.1 Å². The molecule has 8 aromatic heterocycles. The van der Waals surface area contributed by atoms with Crippen molar-refractivity contribution in [3.8, 4) is 22.5 Å². The summed E-state index contributed by atoms with van der Waals surface area (Å²) < 4.78 is 9.16. The Bertz CT molecular complexity index is 3850. The topological polar surface area (TPSA) is 294 Å². The van der Waals surface area contributed by atoms with Crippen molar-refractivity contribution >= 4 is 81.3 Å². The van der Waals surface area contributed by atoms with Gasteiger partial charge in [0.15, 0.2) is 28.0 Å². The Balaban J connectivity index is 0.000000160. The number of carbonyl (C=O) groups excluding carboxylic acids is 1. The molecule has 0 aliphatic carbocycles. The standard InChI is InChI=1S/C25H29N10O3S.C16H22N6S.C9H10N4O4/c1-25(2)6-5-7-35(25)23-27-8-16(9-28-23)17-10-26-11-18-33(17)14-39-15-34(18)19(36)12-32-13-29-21-20(32)22(37)31(4)24(38)30(21)3;1-16(2)5-4-6-22(16)15-18-7-12(8-19-15)13-9-17-10-14(21-13)20-11-23-3;1-11-7-6(8(16)12(2)9(11)17)13(4-10-7)3-5(14)15/h8-11,13H,5-7,12,14-15H2,1-4H3;7-10H,4-6,11H2,1-3H3,(H,20,21);4H,3H2,1-2H3,(H,14,15)/q+1;;. The fourth-order valence-corrected chi connectivity index (χ4v) is 11.1. The Hall–Kier alpha value is -8.34. The van der Waals surface area contributed by atoms with Crippen molar-refractivity contribution in [2.45, 2.75) is 83.4 Å². The van der Waals surface area contributed by atoms with Gasteiger partial charge in [0.1, 0.15) is 36.9 Å². The minimum absolute atomic E-state index is 0.0285.